The molecule has 3 aromatic rings. The highest BCUT2D eigenvalue weighted by Gasteiger charge is 2.27. The maximum absolute atomic E-state index is 14.1. The number of anilines is 1. The van der Waals surface area contributed by atoms with Gasteiger partial charge in [-0.05, 0) is 50.2 Å². The molecule has 0 radical (unpaired) electrons. The number of ether oxygens (including phenoxy) is 3. The van der Waals surface area contributed by atoms with Gasteiger partial charge in [0.2, 0.25) is 11.8 Å². The van der Waals surface area contributed by atoms with Crippen LogP contribution in [0.25, 0.3) is 16.9 Å². The Morgan fingerprint density at radius 3 is 2.59 bits per heavy atom. The van der Waals surface area contributed by atoms with Crippen LogP contribution in [-0.2, 0) is 14.3 Å². The summed E-state index contributed by atoms with van der Waals surface area (Å²) in [6.07, 6.45) is 2.02. The maximum Gasteiger partial charge on any atom is 0.296 e. The molecule has 3 aliphatic rings. The van der Waals surface area contributed by atoms with Crippen molar-refractivity contribution in [3.8, 4) is 11.7 Å². The second kappa shape index (κ2) is 12.7. The lowest BCUT2D eigenvalue weighted by molar-refractivity contribution is -0.119. The Morgan fingerprint density at radius 1 is 1.02 bits per heavy atom. The average molecular weight is 571 g/mol. The van der Waals surface area contributed by atoms with Crippen LogP contribution in [0.15, 0.2) is 30.3 Å². The smallest absolute Gasteiger partial charge is 0.296 e. The molecule has 0 spiro atoms. The minimum absolute atomic E-state index is 0.0792. The lowest BCUT2D eigenvalue weighted by Gasteiger charge is -2.30. The first-order chi connectivity index (χ1) is 20.0. The van der Waals surface area contributed by atoms with Gasteiger partial charge in [-0.3, -0.25) is 9.36 Å². The molecular formula is C29H36F2N6O4. The number of rotatable bonds is 10. The summed E-state index contributed by atoms with van der Waals surface area (Å²) in [4.78, 5) is 28.1. The van der Waals surface area contributed by atoms with Crippen molar-refractivity contribution in [2.45, 2.75) is 57.1 Å². The van der Waals surface area contributed by atoms with Gasteiger partial charge in [0.05, 0.1) is 37.4 Å². The van der Waals surface area contributed by atoms with Crippen molar-refractivity contribution >= 4 is 22.8 Å². The summed E-state index contributed by atoms with van der Waals surface area (Å²) in [6.45, 7) is 4.08. The number of morpholine rings is 1. The fraction of sp³-hybridized carbons (Fsp3) is 0.586. The van der Waals surface area contributed by atoms with E-state index in [1.807, 2.05) is 4.90 Å². The van der Waals surface area contributed by atoms with Crippen molar-refractivity contribution in [1.82, 2.24) is 24.8 Å². The Morgan fingerprint density at radius 2 is 1.83 bits per heavy atom. The Labute approximate surface area is 237 Å². The molecule has 1 aromatic carbocycles. The number of alkyl halides is 2. The highest BCUT2D eigenvalue weighted by atomic mass is 19.3. The number of para-hydroxylation sites is 2. The topological polar surface area (TPSA) is 104 Å². The van der Waals surface area contributed by atoms with Gasteiger partial charge in [-0.2, -0.15) is 9.97 Å². The van der Waals surface area contributed by atoms with Crippen molar-refractivity contribution in [3.05, 3.63) is 36.2 Å². The summed E-state index contributed by atoms with van der Waals surface area (Å²) >= 11 is 0. The first-order valence-corrected chi connectivity index (χ1v) is 14.5. The van der Waals surface area contributed by atoms with E-state index in [1.54, 1.807) is 30.3 Å². The quantitative estimate of drug-likeness (QED) is 0.389. The molecule has 0 amide bonds. The fourth-order valence-corrected chi connectivity index (χ4v) is 5.88. The number of nitrogens with one attached hydrogen (secondary N) is 1. The maximum atomic E-state index is 14.1. The highest BCUT2D eigenvalue weighted by molar-refractivity contribution is 5.80. The zero-order valence-electron chi connectivity index (χ0n) is 23.0. The molecule has 6 rings (SSSR count). The van der Waals surface area contributed by atoms with E-state index in [0.29, 0.717) is 80.5 Å². The monoisotopic (exact) mass is 570 g/mol. The lowest BCUT2D eigenvalue weighted by Crippen LogP contribution is -2.37. The summed E-state index contributed by atoms with van der Waals surface area (Å²) in [5.41, 5.74) is 1.01. The molecule has 2 aliphatic heterocycles. The van der Waals surface area contributed by atoms with Crippen LogP contribution in [0.3, 0.4) is 0 Å². The number of aromatic nitrogens is 4. The van der Waals surface area contributed by atoms with Crippen LogP contribution in [0.2, 0.25) is 0 Å². The van der Waals surface area contributed by atoms with Gasteiger partial charge in [0.25, 0.3) is 6.43 Å². The molecule has 220 valence electrons. The van der Waals surface area contributed by atoms with E-state index in [9.17, 15) is 13.6 Å². The molecule has 1 aliphatic carbocycles. The minimum Gasteiger partial charge on any atom is -0.474 e. The largest absolute Gasteiger partial charge is 0.474 e. The summed E-state index contributed by atoms with van der Waals surface area (Å²) in [5.74, 6) is 1.25. The summed E-state index contributed by atoms with van der Waals surface area (Å²) < 4.78 is 46.8. The number of halogens is 2. The molecule has 2 saturated heterocycles. The molecule has 1 N–H and O–H groups in total. The molecule has 10 nitrogen and oxygen atoms in total. The predicted molar refractivity (Wildman–Crippen MR) is 148 cm³/mol. The first-order valence-electron chi connectivity index (χ1n) is 14.5. The van der Waals surface area contributed by atoms with Crippen molar-refractivity contribution in [2.24, 2.45) is 5.92 Å². The number of hydrogen-bond acceptors (Lipinski definition) is 9. The van der Waals surface area contributed by atoms with E-state index in [1.165, 1.54) is 4.57 Å². The number of ketones is 1. The van der Waals surface area contributed by atoms with Crippen molar-refractivity contribution in [3.63, 3.8) is 0 Å². The van der Waals surface area contributed by atoms with Crippen molar-refractivity contribution < 1.29 is 27.8 Å². The van der Waals surface area contributed by atoms with Crippen LogP contribution < -0.4 is 15.0 Å². The van der Waals surface area contributed by atoms with E-state index >= 15 is 0 Å². The third kappa shape index (κ3) is 6.65. The Bertz CT molecular complexity index is 1330. The predicted octanol–water partition coefficient (Wildman–Crippen LogP) is 3.87. The van der Waals surface area contributed by atoms with Gasteiger partial charge in [-0.15, -0.1) is 0 Å². The van der Waals surface area contributed by atoms with Gasteiger partial charge in [-0.1, -0.05) is 12.1 Å². The van der Waals surface area contributed by atoms with E-state index in [0.717, 1.165) is 38.7 Å². The van der Waals surface area contributed by atoms with E-state index in [2.05, 4.69) is 15.3 Å². The molecule has 12 heteroatoms. The number of carbonyl (C=O) groups excluding carboxylic acids is 1. The van der Waals surface area contributed by atoms with E-state index < -0.39 is 6.43 Å². The van der Waals surface area contributed by atoms with Gasteiger partial charge < -0.3 is 24.4 Å². The highest BCUT2D eigenvalue weighted by Crippen LogP contribution is 2.32. The number of imidazole rings is 1. The van der Waals surface area contributed by atoms with E-state index in [-0.39, 0.29) is 23.8 Å². The van der Waals surface area contributed by atoms with Crippen LogP contribution >= 0.6 is 0 Å². The van der Waals surface area contributed by atoms with Gasteiger partial charge in [-0.25, -0.2) is 13.8 Å². The third-order valence-corrected chi connectivity index (χ3v) is 8.10. The Hall–Kier alpha value is -3.22. The normalized spacial score (nSPS) is 23.4. The molecular weight excluding hydrogens is 534 g/mol. The zero-order chi connectivity index (χ0) is 28.2. The number of fused-ring (bicyclic) bond motifs is 1. The SMILES string of the molecule is O=C(CNC1CCOC1)CC1CCC(Oc2cc(-n3c(C(F)F)nc4ccccc43)nc(N3CCOCC3)n2)CC1. The number of benzene rings is 1. The Balaban J connectivity index is 1.17. The van der Waals surface area contributed by atoms with Crippen molar-refractivity contribution in [2.75, 3.05) is 51.0 Å². The number of Topliss-reactive ketones (excluding diaryl/α,β-unsaturated/α-hetero) is 1. The fourth-order valence-electron chi connectivity index (χ4n) is 5.88. The van der Waals surface area contributed by atoms with Gasteiger partial charge in [0.15, 0.2) is 5.82 Å². The van der Waals surface area contributed by atoms with Crippen LogP contribution in [0.4, 0.5) is 14.7 Å². The molecule has 1 atom stereocenters. The second-order valence-electron chi connectivity index (χ2n) is 11.0. The summed E-state index contributed by atoms with van der Waals surface area (Å²) in [6, 6.07) is 8.93. The van der Waals surface area contributed by atoms with Crippen LogP contribution in [0.5, 0.6) is 5.88 Å². The van der Waals surface area contributed by atoms with Crippen LogP contribution in [0, 0.1) is 5.92 Å². The lowest BCUT2D eigenvalue weighted by atomic mass is 9.84. The second-order valence-corrected chi connectivity index (χ2v) is 11.0. The third-order valence-electron chi connectivity index (χ3n) is 8.10. The average Bonchev–Trinajstić information content (AvgIpc) is 3.66. The standard InChI is InChI=1S/C29H36F2N6O4/c30-27(31)28-33-23-3-1-2-4-24(23)37(28)25-16-26(35-29(34-25)36-10-13-39-14-11-36)41-22-7-5-19(6-8-22)15-21(38)17-32-20-9-12-40-18-20/h1-4,16,19-20,22,27,32H,5-15,17-18H2. The van der Waals surface area contributed by atoms with Gasteiger partial charge in [0, 0.05) is 38.2 Å². The number of nitrogens with zero attached hydrogens (tertiary/aromatic N) is 5. The summed E-state index contributed by atoms with van der Waals surface area (Å²) in [5, 5.41) is 3.30. The number of hydrogen-bond donors (Lipinski definition) is 1. The molecule has 1 saturated carbocycles. The van der Waals surface area contributed by atoms with Gasteiger partial charge in [0.1, 0.15) is 17.7 Å². The van der Waals surface area contributed by atoms with Crippen LogP contribution in [-0.4, -0.2) is 83.5 Å². The number of carbonyl (C=O) groups is 1. The van der Waals surface area contributed by atoms with Crippen molar-refractivity contribution in [1.29, 1.82) is 0 Å². The molecule has 41 heavy (non-hydrogen) atoms. The Kier molecular flexibility index (Phi) is 8.68. The minimum atomic E-state index is -2.78. The van der Waals surface area contributed by atoms with E-state index in [4.69, 9.17) is 19.2 Å². The zero-order valence-corrected chi connectivity index (χ0v) is 23.0. The molecule has 4 heterocycles. The van der Waals surface area contributed by atoms with Gasteiger partial charge >= 0.3 is 0 Å². The molecule has 1 unspecified atom stereocenters. The summed E-state index contributed by atoms with van der Waals surface area (Å²) in [7, 11) is 0. The molecule has 3 fully saturated rings. The van der Waals surface area contributed by atoms with Crippen LogP contribution in [0.1, 0.15) is 50.8 Å². The first kappa shape index (κ1) is 27.9. The molecule has 0 bridgehead atoms. The molecule has 2 aromatic heterocycles.